The third kappa shape index (κ3) is 1.77. The number of rotatable bonds is 1. The second kappa shape index (κ2) is 4.71. The van der Waals surface area contributed by atoms with Crippen molar-refractivity contribution < 1.29 is 9.59 Å². The van der Waals surface area contributed by atoms with Crippen molar-refractivity contribution in [1.29, 1.82) is 0 Å². The van der Waals surface area contributed by atoms with Crippen LogP contribution >= 0.6 is 15.9 Å². The molecule has 6 heteroatoms. The van der Waals surface area contributed by atoms with Crippen LogP contribution in [0.2, 0.25) is 0 Å². The molecule has 22 heavy (non-hydrogen) atoms. The van der Waals surface area contributed by atoms with Gasteiger partial charge in [-0.3, -0.25) is 9.59 Å². The number of aromatic nitrogens is 3. The lowest BCUT2D eigenvalue weighted by Crippen LogP contribution is -2.22. The maximum atomic E-state index is 12.7. The molecule has 0 saturated heterocycles. The van der Waals surface area contributed by atoms with E-state index in [-0.39, 0.29) is 23.0 Å². The fourth-order valence-electron chi connectivity index (χ4n) is 2.54. The van der Waals surface area contributed by atoms with E-state index >= 15 is 0 Å². The van der Waals surface area contributed by atoms with Crippen LogP contribution in [0, 0.1) is 0 Å². The van der Waals surface area contributed by atoms with Crippen molar-refractivity contribution in [2.45, 2.75) is 0 Å². The molecule has 0 unspecified atom stereocenters. The van der Waals surface area contributed by atoms with Gasteiger partial charge in [0.1, 0.15) is 5.69 Å². The minimum Gasteiger partial charge on any atom is -0.287 e. The normalized spacial score (nSPS) is 13.0. The van der Waals surface area contributed by atoms with Crippen molar-refractivity contribution in [1.82, 2.24) is 15.0 Å². The summed E-state index contributed by atoms with van der Waals surface area (Å²) in [6, 6.07) is 14.0. The Labute approximate surface area is 133 Å². The fraction of sp³-hybridized carbons (Fsp3) is 0. The van der Waals surface area contributed by atoms with E-state index in [1.165, 1.54) is 4.68 Å². The lowest BCUT2D eigenvalue weighted by molar-refractivity contribution is 0.0972. The molecule has 0 atom stereocenters. The Balaban J connectivity index is 1.94. The van der Waals surface area contributed by atoms with Gasteiger partial charge in [0, 0.05) is 15.6 Å². The Hall–Kier alpha value is -2.60. The highest BCUT2D eigenvalue weighted by molar-refractivity contribution is 9.10. The number of ketones is 2. The Morgan fingerprint density at radius 2 is 1.50 bits per heavy atom. The first kappa shape index (κ1) is 13.1. The summed E-state index contributed by atoms with van der Waals surface area (Å²) in [7, 11) is 0. The predicted octanol–water partition coefficient (Wildman–Crippen LogP) is 2.81. The zero-order chi connectivity index (χ0) is 15.3. The summed E-state index contributed by atoms with van der Waals surface area (Å²) in [5.41, 5.74) is 1.76. The summed E-state index contributed by atoms with van der Waals surface area (Å²) in [4.78, 5) is 25.2. The van der Waals surface area contributed by atoms with Crippen molar-refractivity contribution in [2.75, 3.05) is 0 Å². The molecule has 106 valence electrons. The van der Waals surface area contributed by atoms with Crippen LogP contribution in [0.3, 0.4) is 0 Å². The van der Waals surface area contributed by atoms with Crippen molar-refractivity contribution in [3.63, 3.8) is 0 Å². The van der Waals surface area contributed by atoms with Crippen LogP contribution in [0.4, 0.5) is 0 Å². The van der Waals surface area contributed by atoms with Gasteiger partial charge in [-0.25, -0.2) is 4.68 Å². The zero-order valence-electron chi connectivity index (χ0n) is 11.2. The Bertz CT molecular complexity index is 929. The molecular weight excluding hydrogens is 346 g/mol. The number of nitrogens with zero attached hydrogens (tertiary/aromatic N) is 3. The summed E-state index contributed by atoms with van der Waals surface area (Å²) >= 11 is 3.36. The van der Waals surface area contributed by atoms with E-state index in [0.717, 1.165) is 4.47 Å². The highest BCUT2D eigenvalue weighted by Crippen LogP contribution is 2.27. The van der Waals surface area contributed by atoms with Gasteiger partial charge in [-0.05, 0) is 24.3 Å². The fourth-order valence-corrected chi connectivity index (χ4v) is 2.80. The maximum Gasteiger partial charge on any atom is 0.216 e. The molecule has 3 aromatic rings. The number of carbonyl (C=O) groups excluding carboxylic acids is 2. The average molecular weight is 354 g/mol. The first-order valence-corrected chi connectivity index (χ1v) is 7.36. The second-order valence-corrected chi connectivity index (χ2v) is 5.79. The standard InChI is InChI=1S/C16H8BrN3O2/c17-9-5-7-10(8-6-9)20-14-13(18-19-20)15(21)11-3-1-2-4-12(11)16(14)22/h1-8H. The molecule has 0 N–H and O–H groups in total. The number of halogens is 1. The van der Waals surface area contributed by atoms with Crippen molar-refractivity contribution in [3.05, 3.63) is 75.5 Å². The van der Waals surface area contributed by atoms with Crippen LogP contribution in [0.15, 0.2) is 53.0 Å². The molecule has 0 radical (unpaired) electrons. The van der Waals surface area contributed by atoms with Crippen LogP contribution in [-0.2, 0) is 0 Å². The van der Waals surface area contributed by atoms with Gasteiger partial charge in [-0.2, -0.15) is 0 Å². The number of hydrogen-bond acceptors (Lipinski definition) is 4. The molecule has 0 bridgehead atoms. The van der Waals surface area contributed by atoms with E-state index in [2.05, 4.69) is 26.2 Å². The SMILES string of the molecule is O=C1c2ccccc2C(=O)c2c1nnn2-c1ccc(Br)cc1. The van der Waals surface area contributed by atoms with E-state index in [9.17, 15) is 9.59 Å². The molecule has 0 amide bonds. The topological polar surface area (TPSA) is 64.8 Å². The minimum absolute atomic E-state index is 0.103. The van der Waals surface area contributed by atoms with Gasteiger partial charge >= 0.3 is 0 Å². The number of benzene rings is 2. The maximum absolute atomic E-state index is 12.7. The van der Waals surface area contributed by atoms with Crippen molar-refractivity contribution >= 4 is 27.5 Å². The van der Waals surface area contributed by atoms with Gasteiger partial charge < -0.3 is 0 Å². The molecule has 1 aliphatic rings. The molecule has 2 aromatic carbocycles. The minimum atomic E-state index is -0.270. The number of hydrogen-bond donors (Lipinski definition) is 0. The van der Waals surface area contributed by atoms with Crippen LogP contribution in [0.5, 0.6) is 0 Å². The zero-order valence-corrected chi connectivity index (χ0v) is 12.7. The van der Waals surface area contributed by atoms with Gasteiger partial charge in [-0.15, -0.1) is 5.10 Å². The first-order valence-electron chi connectivity index (χ1n) is 6.57. The van der Waals surface area contributed by atoms with E-state index < -0.39 is 0 Å². The molecule has 0 spiro atoms. The summed E-state index contributed by atoms with van der Waals surface area (Å²) in [6.07, 6.45) is 0. The average Bonchev–Trinajstić information content (AvgIpc) is 2.99. The molecule has 1 aliphatic carbocycles. The van der Waals surface area contributed by atoms with Crippen LogP contribution in [0.25, 0.3) is 5.69 Å². The monoisotopic (exact) mass is 353 g/mol. The molecule has 1 aromatic heterocycles. The molecule has 0 fully saturated rings. The Kier molecular flexibility index (Phi) is 2.80. The van der Waals surface area contributed by atoms with Crippen LogP contribution in [-0.4, -0.2) is 26.6 Å². The summed E-state index contributed by atoms with van der Waals surface area (Å²) in [5, 5.41) is 7.91. The first-order chi connectivity index (χ1) is 10.7. The molecule has 0 saturated carbocycles. The lowest BCUT2D eigenvalue weighted by atomic mass is 9.90. The van der Waals surface area contributed by atoms with Gasteiger partial charge in [0.25, 0.3) is 0 Å². The highest BCUT2D eigenvalue weighted by atomic mass is 79.9. The van der Waals surface area contributed by atoms with E-state index in [0.29, 0.717) is 16.8 Å². The highest BCUT2D eigenvalue weighted by Gasteiger charge is 2.35. The van der Waals surface area contributed by atoms with Crippen molar-refractivity contribution in [2.24, 2.45) is 0 Å². The molecule has 1 heterocycles. The van der Waals surface area contributed by atoms with E-state index in [1.54, 1.807) is 36.4 Å². The number of carbonyl (C=O) groups is 2. The Morgan fingerprint density at radius 1 is 0.864 bits per heavy atom. The third-order valence-corrected chi connectivity index (χ3v) is 4.12. The van der Waals surface area contributed by atoms with Gasteiger partial charge in [0.15, 0.2) is 5.69 Å². The number of fused-ring (bicyclic) bond motifs is 2. The molecule has 5 nitrogen and oxygen atoms in total. The van der Waals surface area contributed by atoms with Crippen molar-refractivity contribution in [3.8, 4) is 5.69 Å². The van der Waals surface area contributed by atoms with Gasteiger partial charge in [0.05, 0.1) is 5.69 Å². The second-order valence-electron chi connectivity index (χ2n) is 4.88. The molecule has 4 rings (SSSR count). The van der Waals surface area contributed by atoms with E-state index in [1.807, 2.05) is 12.1 Å². The Morgan fingerprint density at radius 3 is 2.18 bits per heavy atom. The summed E-state index contributed by atoms with van der Waals surface area (Å²) in [5.74, 6) is -0.508. The molecular formula is C16H8BrN3O2. The predicted molar refractivity (Wildman–Crippen MR) is 82.4 cm³/mol. The smallest absolute Gasteiger partial charge is 0.216 e. The van der Waals surface area contributed by atoms with E-state index in [4.69, 9.17) is 0 Å². The lowest BCUT2D eigenvalue weighted by Gasteiger charge is -2.14. The largest absolute Gasteiger partial charge is 0.287 e. The third-order valence-electron chi connectivity index (χ3n) is 3.59. The van der Waals surface area contributed by atoms with Crippen LogP contribution < -0.4 is 0 Å². The summed E-state index contributed by atoms with van der Waals surface area (Å²) < 4.78 is 2.33. The van der Waals surface area contributed by atoms with Crippen LogP contribution in [0.1, 0.15) is 32.1 Å². The quantitative estimate of drug-likeness (QED) is 0.527. The summed E-state index contributed by atoms with van der Waals surface area (Å²) in [6.45, 7) is 0. The van der Waals surface area contributed by atoms with Gasteiger partial charge in [0.2, 0.25) is 11.6 Å². The molecule has 0 aliphatic heterocycles. The van der Waals surface area contributed by atoms with Gasteiger partial charge in [-0.1, -0.05) is 45.4 Å².